The van der Waals surface area contributed by atoms with Crippen LogP contribution in [0.2, 0.25) is 0 Å². The third kappa shape index (κ3) is 4.83. The Labute approximate surface area is 148 Å². The fourth-order valence-electron chi connectivity index (χ4n) is 2.05. The lowest BCUT2D eigenvalue weighted by Gasteiger charge is -2.12. The highest BCUT2D eigenvalue weighted by Crippen LogP contribution is 2.25. The van der Waals surface area contributed by atoms with E-state index in [1.54, 1.807) is 39.0 Å². The van der Waals surface area contributed by atoms with E-state index in [9.17, 15) is 19.7 Å². The van der Waals surface area contributed by atoms with Gasteiger partial charge in [0.15, 0.2) is 0 Å². The number of rotatable bonds is 5. The third-order valence-corrected chi connectivity index (χ3v) is 4.43. The molecule has 1 atom stereocenters. The van der Waals surface area contributed by atoms with Crippen molar-refractivity contribution in [2.45, 2.75) is 30.9 Å². The molecular formula is C16H17N3O5S. The SMILES string of the molecule is Cc1cc(C(=O)NNC(=O)C(C)Sc2ccc([N+](=O)[O-])cc2)c(C)o1. The van der Waals surface area contributed by atoms with E-state index in [0.29, 0.717) is 22.0 Å². The summed E-state index contributed by atoms with van der Waals surface area (Å²) in [6.45, 7) is 5.06. The standard InChI is InChI=1S/C16H17N3O5S/c1-9-8-14(10(2)24-9)16(21)18-17-15(20)11(3)25-13-6-4-12(5-7-13)19(22)23/h4-8,11H,1-3H3,(H,17,20)(H,18,21). The van der Waals surface area contributed by atoms with Crippen molar-refractivity contribution in [3.8, 4) is 0 Å². The van der Waals surface area contributed by atoms with E-state index >= 15 is 0 Å². The normalized spacial score (nSPS) is 11.6. The smallest absolute Gasteiger partial charge is 0.273 e. The monoisotopic (exact) mass is 363 g/mol. The number of thioether (sulfide) groups is 1. The number of nitrogens with one attached hydrogen (secondary N) is 2. The highest BCUT2D eigenvalue weighted by atomic mass is 32.2. The number of nitro benzene ring substituents is 1. The Hall–Kier alpha value is -2.81. The second-order valence-electron chi connectivity index (χ2n) is 5.28. The summed E-state index contributed by atoms with van der Waals surface area (Å²) in [5.74, 6) is 0.221. The van der Waals surface area contributed by atoms with Crippen LogP contribution >= 0.6 is 11.8 Å². The van der Waals surface area contributed by atoms with Crippen molar-refractivity contribution in [2.24, 2.45) is 0 Å². The summed E-state index contributed by atoms with van der Waals surface area (Å²) in [7, 11) is 0. The molecule has 0 fully saturated rings. The predicted octanol–water partition coefficient (Wildman–Crippen LogP) is 2.75. The van der Waals surface area contributed by atoms with Crippen LogP contribution in [-0.4, -0.2) is 22.0 Å². The molecule has 0 saturated heterocycles. The number of hydrogen-bond donors (Lipinski definition) is 2. The fraction of sp³-hybridized carbons (Fsp3) is 0.250. The lowest BCUT2D eigenvalue weighted by atomic mass is 10.2. The van der Waals surface area contributed by atoms with Gasteiger partial charge in [-0.1, -0.05) is 0 Å². The number of amides is 2. The maximum Gasteiger partial charge on any atom is 0.273 e. The van der Waals surface area contributed by atoms with Crippen molar-refractivity contribution in [3.63, 3.8) is 0 Å². The first kappa shape index (κ1) is 18.5. The molecule has 0 bridgehead atoms. The zero-order valence-corrected chi connectivity index (χ0v) is 14.7. The zero-order valence-electron chi connectivity index (χ0n) is 13.9. The second-order valence-corrected chi connectivity index (χ2v) is 6.70. The summed E-state index contributed by atoms with van der Waals surface area (Å²) in [6, 6.07) is 7.48. The molecule has 0 spiro atoms. The number of aryl methyl sites for hydroxylation is 2. The van der Waals surface area contributed by atoms with E-state index in [1.807, 2.05) is 0 Å². The maximum absolute atomic E-state index is 12.1. The second kappa shape index (κ2) is 7.84. The molecule has 2 N–H and O–H groups in total. The summed E-state index contributed by atoms with van der Waals surface area (Å²) in [6.07, 6.45) is 0. The van der Waals surface area contributed by atoms with E-state index in [0.717, 1.165) is 0 Å². The van der Waals surface area contributed by atoms with Crippen LogP contribution in [0.25, 0.3) is 0 Å². The fourth-order valence-corrected chi connectivity index (χ4v) is 2.92. The largest absolute Gasteiger partial charge is 0.466 e. The molecule has 2 amide bonds. The molecule has 0 aliphatic heterocycles. The van der Waals surface area contributed by atoms with Crippen LogP contribution in [0.3, 0.4) is 0 Å². The molecule has 25 heavy (non-hydrogen) atoms. The van der Waals surface area contributed by atoms with Gasteiger partial charge < -0.3 is 4.42 Å². The predicted molar refractivity (Wildman–Crippen MR) is 92.2 cm³/mol. The Balaban J connectivity index is 1.88. The molecule has 0 aliphatic rings. The number of non-ortho nitro benzene ring substituents is 1. The molecule has 1 aromatic carbocycles. The summed E-state index contributed by atoms with van der Waals surface area (Å²) < 4.78 is 5.27. The van der Waals surface area contributed by atoms with Crippen molar-refractivity contribution in [1.82, 2.24) is 10.9 Å². The van der Waals surface area contributed by atoms with Gasteiger partial charge in [0, 0.05) is 17.0 Å². The zero-order chi connectivity index (χ0) is 18.6. The van der Waals surface area contributed by atoms with Gasteiger partial charge in [-0.25, -0.2) is 0 Å². The maximum atomic E-state index is 12.1. The van der Waals surface area contributed by atoms with Gasteiger partial charge in [0.2, 0.25) is 0 Å². The van der Waals surface area contributed by atoms with Crippen LogP contribution in [0, 0.1) is 24.0 Å². The molecule has 1 heterocycles. The lowest BCUT2D eigenvalue weighted by Crippen LogP contribution is -2.45. The highest BCUT2D eigenvalue weighted by molar-refractivity contribution is 8.00. The summed E-state index contributed by atoms with van der Waals surface area (Å²) >= 11 is 1.22. The van der Waals surface area contributed by atoms with E-state index in [1.165, 1.54) is 23.9 Å². The third-order valence-electron chi connectivity index (χ3n) is 3.31. The van der Waals surface area contributed by atoms with Crippen molar-refractivity contribution in [3.05, 3.63) is 57.5 Å². The number of benzene rings is 1. The van der Waals surface area contributed by atoms with Crippen LogP contribution in [0.15, 0.2) is 39.6 Å². The van der Waals surface area contributed by atoms with Gasteiger partial charge in [0.25, 0.3) is 17.5 Å². The van der Waals surface area contributed by atoms with E-state index in [4.69, 9.17) is 4.42 Å². The number of hydrazine groups is 1. The molecule has 1 aromatic heterocycles. The first-order chi connectivity index (χ1) is 11.8. The molecule has 2 rings (SSSR count). The first-order valence-corrected chi connectivity index (χ1v) is 8.24. The van der Waals surface area contributed by atoms with Crippen molar-refractivity contribution in [1.29, 1.82) is 0 Å². The average molecular weight is 363 g/mol. The number of nitro groups is 1. The molecule has 9 heteroatoms. The Morgan fingerprint density at radius 3 is 2.36 bits per heavy atom. The van der Waals surface area contributed by atoms with E-state index in [-0.39, 0.29) is 5.69 Å². The Kier molecular flexibility index (Phi) is 5.81. The summed E-state index contributed by atoms with van der Waals surface area (Å²) in [5.41, 5.74) is 5.04. The van der Waals surface area contributed by atoms with Crippen molar-refractivity contribution in [2.75, 3.05) is 0 Å². The molecule has 0 radical (unpaired) electrons. The van der Waals surface area contributed by atoms with Crippen LogP contribution in [0.1, 0.15) is 28.8 Å². The topological polar surface area (TPSA) is 114 Å². The van der Waals surface area contributed by atoms with Gasteiger partial charge in [-0.3, -0.25) is 30.6 Å². The molecule has 2 aromatic rings. The van der Waals surface area contributed by atoms with Crippen LogP contribution in [0.4, 0.5) is 5.69 Å². The molecule has 0 aliphatic carbocycles. The Bertz CT molecular complexity index is 801. The Morgan fingerprint density at radius 2 is 1.84 bits per heavy atom. The molecule has 8 nitrogen and oxygen atoms in total. The quantitative estimate of drug-likeness (QED) is 0.479. The van der Waals surface area contributed by atoms with Gasteiger partial charge in [-0.15, -0.1) is 11.8 Å². The van der Waals surface area contributed by atoms with Crippen LogP contribution in [-0.2, 0) is 4.79 Å². The first-order valence-electron chi connectivity index (χ1n) is 7.36. The van der Waals surface area contributed by atoms with E-state index in [2.05, 4.69) is 10.9 Å². The van der Waals surface area contributed by atoms with E-state index < -0.39 is 22.0 Å². The van der Waals surface area contributed by atoms with Crippen LogP contribution < -0.4 is 10.9 Å². The molecule has 132 valence electrons. The number of hydrogen-bond acceptors (Lipinski definition) is 6. The van der Waals surface area contributed by atoms with Gasteiger partial charge in [-0.2, -0.15) is 0 Å². The van der Waals surface area contributed by atoms with Crippen molar-refractivity contribution < 1.29 is 18.9 Å². The van der Waals surface area contributed by atoms with Crippen molar-refractivity contribution >= 4 is 29.3 Å². The van der Waals surface area contributed by atoms with Gasteiger partial charge in [0.05, 0.1) is 15.7 Å². The average Bonchev–Trinajstić information content (AvgIpc) is 2.91. The number of nitrogens with zero attached hydrogens (tertiary/aromatic N) is 1. The van der Waals surface area contributed by atoms with Gasteiger partial charge >= 0.3 is 0 Å². The van der Waals surface area contributed by atoms with Crippen LogP contribution in [0.5, 0.6) is 0 Å². The molecule has 1 unspecified atom stereocenters. The number of furan rings is 1. The minimum Gasteiger partial charge on any atom is -0.466 e. The highest BCUT2D eigenvalue weighted by Gasteiger charge is 2.18. The van der Waals surface area contributed by atoms with Gasteiger partial charge in [-0.05, 0) is 39.0 Å². The lowest BCUT2D eigenvalue weighted by molar-refractivity contribution is -0.384. The minimum atomic E-state index is -0.506. The molecular weight excluding hydrogens is 346 g/mol. The van der Waals surface area contributed by atoms with Gasteiger partial charge in [0.1, 0.15) is 11.5 Å². The number of carbonyl (C=O) groups excluding carboxylic acids is 2. The summed E-state index contributed by atoms with van der Waals surface area (Å²) in [5, 5.41) is 10.1. The minimum absolute atomic E-state index is 0.0144. The molecule has 0 saturated carbocycles. The number of carbonyl (C=O) groups is 2. The summed E-state index contributed by atoms with van der Waals surface area (Å²) in [4.78, 5) is 34.9. The Morgan fingerprint density at radius 1 is 1.20 bits per heavy atom.